The minimum Gasteiger partial charge on any atom is -0.458 e. The highest BCUT2D eigenvalue weighted by Crippen LogP contribution is 2.50. The first kappa shape index (κ1) is 15.4. The Labute approximate surface area is 144 Å². The van der Waals surface area contributed by atoms with Gasteiger partial charge in [0.05, 0.1) is 12.0 Å². The maximum absolute atomic E-state index is 12.6. The maximum Gasteiger partial charge on any atom is 0.231 e. The summed E-state index contributed by atoms with van der Waals surface area (Å²) in [6.45, 7) is 1.79. The van der Waals surface area contributed by atoms with Crippen LogP contribution in [0.5, 0.6) is 0 Å². The third-order valence-electron chi connectivity index (χ3n) is 4.73. The zero-order chi connectivity index (χ0) is 16.8. The summed E-state index contributed by atoms with van der Waals surface area (Å²) in [7, 11) is 0. The molecule has 1 unspecified atom stereocenters. The molecule has 5 heteroatoms. The Morgan fingerprint density at radius 3 is 2.79 bits per heavy atom. The molecule has 1 atom stereocenters. The van der Waals surface area contributed by atoms with Gasteiger partial charge in [-0.25, -0.2) is 0 Å². The van der Waals surface area contributed by atoms with Crippen LogP contribution in [0.2, 0.25) is 0 Å². The molecular weight excluding hydrogens is 322 g/mol. The van der Waals surface area contributed by atoms with E-state index < -0.39 is 11.0 Å². The molecule has 0 spiro atoms. The van der Waals surface area contributed by atoms with Gasteiger partial charge in [0, 0.05) is 10.3 Å². The van der Waals surface area contributed by atoms with Gasteiger partial charge in [0.25, 0.3) is 0 Å². The molecule has 124 valence electrons. The number of nitrogens with one attached hydrogen (secondary N) is 1. The summed E-state index contributed by atoms with van der Waals surface area (Å²) < 4.78 is 5.74. The predicted molar refractivity (Wildman–Crippen MR) is 94.0 cm³/mol. The lowest BCUT2D eigenvalue weighted by Crippen LogP contribution is -2.42. The number of hydrogen-bond donors (Lipinski definition) is 2. The first-order chi connectivity index (χ1) is 11.5. The second-order valence-corrected chi connectivity index (χ2v) is 7.61. The number of benzene rings is 1. The van der Waals surface area contributed by atoms with Gasteiger partial charge in [0.2, 0.25) is 5.91 Å². The number of rotatable bonds is 5. The second kappa shape index (κ2) is 5.46. The van der Waals surface area contributed by atoms with Crippen LogP contribution in [0.3, 0.4) is 0 Å². The van der Waals surface area contributed by atoms with Crippen molar-refractivity contribution >= 4 is 28.2 Å². The number of fused-ring (bicyclic) bond motifs is 1. The summed E-state index contributed by atoms with van der Waals surface area (Å²) in [4.78, 5) is 13.7. The molecule has 1 aromatic carbocycles. The SMILES string of the molecule is CC(O)(CNC(=O)C1(c2cccs2)CC1)c1cc2ccccc2o1. The van der Waals surface area contributed by atoms with Gasteiger partial charge in [-0.05, 0) is 43.3 Å². The smallest absolute Gasteiger partial charge is 0.231 e. The molecule has 0 radical (unpaired) electrons. The minimum absolute atomic E-state index is 0.0127. The topological polar surface area (TPSA) is 62.5 Å². The van der Waals surface area contributed by atoms with Crippen LogP contribution in [-0.2, 0) is 15.8 Å². The molecule has 1 aliphatic rings. The van der Waals surface area contributed by atoms with E-state index in [1.807, 2.05) is 47.8 Å². The fraction of sp³-hybridized carbons (Fsp3) is 0.316. The Balaban J connectivity index is 1.49. The van der Waals surface area contributed by atoms with E-state index in [0.29, 0.717) is 5.76 Å². The largest absolute Gasteiger partial charge is 0.458 e. The van der Waals surface area contributed by atoms with Crippen LogP contribution >= 0.6 is 11.3 Å². The molecule has 0 bridgehead atoms. The van der Waals surface area contributed by atoms with E-state index in [2.05, 4.69) is 5.32 Å². The molecule has 4 nitrogen and oxygen atoms in total. The molecule has 2 N–H and O–H groups in total. The highest BCUT2D eigenvalue weighted by molar-refractivity contribution is 7.10. The van der Waals surface area contributed by atoms with E-state index in [-0.39, 0.29) is 12.5 Å². The molecule has 24 heavy (non-hydrogen) atoms. The molecule has 3 aromatic rings. The molecule has 2 heterocycles. The second-order valence-electron chi connectivity index (χ2n) is 6.66. The lowest BCUT2D eigenvalue weighted by Gasteiger charge is -2.23. The van der Waals surface area contributed by atoms with Crippen LogP contribution in [-0.4, -0.2) is 17.6 Å². The molecule has 2 aromatic heterocycles. The Kier molecular flexibility index (Phi) is 3.51. The fourth-order valence-electron chi connectivity index (χ4n) is 3.02. The number of aliphatic hydroxyl groups is 1. The van der Waals surface area contributed by atoms with E-state index in [4.69, 9.17) is 4.42 Å². The summed E-state index contributed by atoms with van der Waals surface area (Å²) >= 11 is 1.61. The highest BCUT2D eigenvalue weighted by Gasteiger charge is 2.52. The average molecular weight is 341 g/mol. The van der Waals surface area contributed by atoms with Crippen LogP contribution < -0.4 is 5.32 Å². The zero-order valence-electron chi connectivity index (χ0n) is 13.4. The highest BCUT2D eigenvalue weighted by atomic mass is 32.1. The van der Waals surface area contributed by atoms with Crippen molar-refractivity contribution in [3.63, 3.8) is 0 Å². The number of amides is 1. The zero-order valence-corrected chi connectivity index (χ0v) is 14.2. The Bertz CT molecular complexity index is 842. The molecule has 4 rings (SSSR count). The number of carbonyl (C=O) groups excluding carboxylic acids is 1. The van der Waals surface area contributed by atoms with Gasteiger partial charge < -0.3 is 14.8 Å². The first-order valence-electron chi connectivity index (χ1n) is 8.05. The third kappa shape index (κ3) is 2.54. The van der Waals surface area contributed by atoms with E-state index in [0.717, 1.165) is 28.7 Å². The summed E-state index contributed by atoms with van der Waals surface area (Å²) in [6.07, 6.45) is 1.73. The van der Waals surface area contributed by atoms with Gasteiger partial charge in [-0.15, -0.1) is 11.3 Å². The van der Waals surface area contributed by atoms with Crippen LogP contribution in [0.1, 0.15) is 30.4 Å². The molecule has 0 aliphatic heterocycles. The van der Waals surface area contributed by atoms with Crippen molar-refractivity contribution in [3.8, 4) is 0 Å². The van der Waals surface area contributed by atoms with E-state index >= 15 is 0 Å². The lowest BCUT2D eigenvalue weighted by molar-refractivity contribution is -0.124. The number of carbonyl (C=O) groups is 1. The van der Waals surface area contributed by atoms with E-state index in [1.54, 1.807) is 18.3 Å². The van der Waals surface area contributed by atoms with Gasteiger partial charge >= 0.3 is 0 Å². The van der Waals surface area contributed by atoms with Gasteiger partial charge in [0.15, 0.2) is 0 Å². The summed E-state index contributed by atoms with van der Waals surface area (Å²) in [5.74, 6) is 0.450. The molecular formula is C19H19NO3S. The molecule has 1 fully saturated rings. The lowest BCUT2D eigenvalue weighted by atomic mass is 10.0. The van der Waals surface area contributed by atoms with Crippen molar-refractivity contribution in [2.45, 2.75) is 30.8 Å². The van der Waals surface area contributed by atoms with E-state index in [1.165, 1.54) is 0 Å². The number of furan rings is 1. The van der Waals surface area contributed by atoms with Gasteiger partial charge in [-0.3, -0.25) is 4.79 Å². The van der Waals surface area contributed by atoms with Crippen molar-refractivity contribution in [1.82, 2.24) is 5.32 Å². The van der Waals surface area contributed by atoms with Gasteiger partial charge in [-0.2, -0.15) is 0 Å². The number of thiophene rings is 1. The fourth-order valence-corrected chi connectivity index (χ4v) is 4.00. The van der Waals surface area contributed by atoms with Crippen LogP contribution in [0.15, 0.2) is 52.3 Å². The van der Waals surface area contributed by atoms with Crippen molar-refractivity contribution < 1.29 is 14.3 Å². The number of para-hydroxylation sites is 1. The van der Waals surface area contributed by atoms with Crippen LogP contribution in [0.25, 0.3) is 11.0 Å². The minimum atomic E-state index is -1.25. The molecule has 0 saturated heterocycles. The van der Waals surface area contributed by atoms with Gasteiger partial charge in [0.1, 0.15) is 16.9 Å². The summed E-state index contributed by atoms with van der Waals surface area (Å²) in [6, 6.07) is 13.4. The molecule has 1 saturated carbocycles. The molecule has 1 aliphatic carbocycles. The van der Waals surface area contributed by atoms with Crippen LogP contribution in [0.4, 0.5) is 0 Å². The quantitative estimate of drug-likeness (QED) is 0.746. The molecule has 1 amide bonds. The standard InChI is InChI=1S/C19H19NO3S/c1-18(22,15-11-13-5-2-3-6-14(13)23-15)12-20-17(21)19(8-9-19)16-7-4-10-24-16/h2-7,10-11,22H,8-9,12H2,1H3,(H,20,21). The normalized spacial score (nSPS) is 18.2. The van der Waals surface area contributed by atoms with Crippen molar-refractivity contribution in [2.24, 2.45) is 0 Å². The van der Waals surface area contributed by atoms with E-state index in [9.17, 15) is 9.90 Å². The third-order valence-corrected chi connectivity index (χ3v) is 5.80. The monoisotopic (exact) mass is 341 g/mol. The van der Waals surface area contributed by atoms with Crippen molar-refractivity contribution in [1.29, 1.82) is 0 Å². The van der Waals surface area contributed by atoms with Crippen molar-refractivity contribution in [2.75, 3.05) is 6.54 Å². The Morgan fingerprint density at radius 1 is 1.33 bits per heavy atom. The summed E-state index contributed by atoms with van der Waals surface area (Å²) in [5.41, 5.74) is -0.908. The predicted octanol–water partition coefficient (Wildman–Crippen LogP) is 3.55. The first-order valence-corrected chi connectivity index (χ1v) is 8.93. The Morgan fingerprint density at radius 2 is 2.12 bits per heavy atom. The van der Waals surface area contributed by atoms with Gasteiger partial charge in [-0.1, -0.05) is 24.3 Å². The van der Waals surface area contributed by atoms with Crippen LogP contribution in [0, 0.1) is 0 Å². The summed E-state index contributed by atoms with van der Waals surface area (Å²) in [5, 5.41) is 16.6. The Hall–Kier alpha value is -2.11. The number of hydrogen-bond acceptors (Lipinski definition) is 4. The average Bonchev–Trinajstić information content (AvgIpc) is 3.02. The maximum atomic E-state index is 12.6. The van der Waals surface area contributed by atoms with Crippen molar-refractivity contribution in [3.05, 3.63) is 58.5 Å².